The molecule has 0 atom stereocenters. The van der Waals surface area contributed by atoms with Crippen LogP contribution in [0.5, 0.6) is 17.2 Å². The van der Waals surface area contributed by atoms with Crippen LogP contribution in [-0.4, -0.2) is 31.8 Å². The van der Waals surface area contributed by atoms with Crippen molar-refractivity contribution in [2.75, 3.05) is 31.5 Å². The van der Waals surface area contributed by atoms with Crippen molar-refractivity contribution < 1.29 is 19.0 Å². The van der Waals surface area contributed by atoms with E-state index in [0.29, 0.717) is 28.9 Å². The van der Waals surface area contributed by atoms with E-state index in [4.69, 9.17) is 14.2 Å². The molecular formula is C22H25N3O4S. The van der Waals surface area contributed by atoms with Gasteiger partial charge in [-0.05, 0) is 48.9 Å². The zero-order chi connectivity index (χ0) is 21.3. The van der Waals surface area contributed by atoms with Gasteiger partial charge in [-0.1, -0.05) is 13.3 Å². The summed E-state index contributed by atoms with van der Waals surface area (Å²) in [7, 11) is 3.18. The van der Waals surface area contributed by atoms with E-state index in [1.165, 1.54) is 11.3 Å². The molecule has 2 aromatic carbocycles. The van der Waals surface area contributed by atoms with Crippen LogP contribution in [0.2, 0.25) is 0 Å². The second kappa shape index (κ2) is 10.5. The highest BCUT2D eigenvalue weighted by Crippen LogP contribution is 2.33. The maximum atomic E-state index is 12.3. The first kappa shape index (κ1) is 21.4. The van der Waals surface area contributed by atoms with E-state index in [9.17, 15) is 4.79 Å². The Balaban J connectivity index is 1.58. The molecule has 3 rings (SSSR count). The molecule has 0 aliphatic rings. The zero-order valence-corrected chi connectivity index (χ0v) is 18.0. The predicted octanol–water partition coefficient (Wildman–Crippen LogP) is 5.65. The van der Waals surface area contributed by atoms with Gasteiger partial charge in [0.1, 0.15) is 5.75 Å². The molecule has 7 nitrogen and oxygen atoms in total. The SMILES string of the molecule is CCCCOc1ccc(NC(=O)Nc2nc(-c3ccc(OC)c(OC)c3)cs2)cc1. The van der Waals surface area contributed by atoms with E-state index < -0.39 is 0 Å². The number of ether oxygens (including phenoxy) is 3. The maximum absolute atomic E-state index is 12.3. The summed E-state index contributed by atoms with van der Waals surface area (Å²) < 4.78 is 16.2. The maximum Gasteiger partial charge on any atom is 0.325 e. The van der Waals surface area contributed by atoms with E-state index in [-0.39, 0.29) is 6.03 Å². The van der Waals surface area contributed by atoms with Gasteiger partial charge < -0.3 is 19.5 Å². The zero-order valence-electron chi connectivity index (χ0n) is 17.2. The minimum absolute atomic E-state index is 0.358. The minimum Gasteiger partial charge on any atom is -0.494 e. The van der Waals surface area contributed by atoms with E-state index in [0.717, 1.165) is 29.8 Å². The van der Waals surface area contributed by atoms with Gasteiger partial charge in [0.2, 0.25) is 0 Å². The Morgan fingerprint density at radius 1 is 1.03 bits per heavy atom. The van der Waals surface area contributed by atoms with Gasteiger partial charge in [-0.15, -0.1) is 11.3 Å². The smallest absolute Gasteiger partial charge is 0.325 e. The van der Waals surface area contributed by atoms with Crippen molar-refractivity contribution in [2.45, 2.75) is 19.8 Å². The Morgan fingerprint density at radius 3 is 2.50 bits per heavy atom. The molecule has 30 heavy (non-hydrogen) atoms. The molecule has 0 saturated carbocycles. The fourth-order valence-corrected chi connectivity index (χ4v) is 3.40. The van der Waals surface area contributed by atoms with Crippen LogP contribution in [0, 0.1) is 0 Å². The van der Waals surface area contributed by atoms with Gasteiger partial charge in [-0.25, -0.2) is 9.78 Å². The molecule has 0 fully saturated rings. The molecule has 1 aromatic heterocycles. The molecule has 0 radical (unpaired) electrons. The molecule has 0 spiro atoms. The highest BCUT2D eigenvalue weighted by atomic mass is 32.1. The molecule has 2 N–H and O–H groups in total. The van der Waals surface area contributed by atoms with Crippen LogP contribution >= 0.6 is 11.3 Å². The van der Waals surface area contributed by atoms with E-state index in [1.54, 1.807) is 26.4 Å². The molecule has 3 aromatic rings. The quantitative estimate of drug-likeness (QED) is 0.431. The first-order chi connectivity index (χ1) is 14.6. The average Bonchev–Trinajstić information content (AvgIpc) is 3.23. The second-order valence-corrected chi connectivity index (χ2v) is 7.27. The van der Waals surface area contributed by atoms with E-state index in [1.807, 2.05) is 35.7 Å². The number of urea groups is 1. The number of nitrogens with zero attached hydrogens (tertiary/aromatic N) is 1. The van der Waals surface area contributed by atoms with Crippen molar-refractivity contribution in [1.29, 1.82) is 0 Å². The third-order valence-electron chi connectivity index (χ3n) is 4.28. The summed E-state index contributed by atoms with van der Waals surface area (Å²) in [5.74, 6) is 2.06. The molecule has 0 aliphatic carbocycles. The van der Waals surface area contributed by atoms with Crippen LogP contribution in [0.15, 0.2) is 47.8 Å². The number of thiazole rings is 1. The number of rotatable bonds is 9. The lowest BCUT2D eigenvalue weighted by Gasteiger charge is -2.08. The molecule has 8 heteroatoms. The predicted molar refractivity (Wildman–Crippen MR) is 120 cm³/mol. The number of aromatic nitrogens is 1. The van der Waals surface area contributed by atoms with Crippen LogP contribution in [-0.2, 0) is 0 Å². The van der Waals surface area contributed by atoms with Gasteiger partial charge in [0.25, 0.3) is 0 Å². The number of carbonyl (C=O) groups excluding carboxylic acids is 1. The van der Waals surface area contributed by atoms with Crippen molar-refractivity contribution in [3.8, 4) is 28.5 Å². The van der Waals surface area contributed by atoms with Crippen LogP contribution in [0.4, 0.5) is 15.6 Å². The molecule has 158 valence electrons. The van der Waals surface area contributed by atoms with Gasteiger partial charge in [0.05, 0.1) is 26.5 Å². The lowest BCUT2D eigenvalue weighted by Crippen LogP contribution is -2.19. The number of hydrogen-bond acceptors (Lipinski definition) is 6. The lowest BCUT2D eigenvalue weighted by molar-refractivity contribution is 0.262. The monoisotopic (exact) mass is 427 g/mol. The highest BCUT2D eigenvalue weighted by Gasteiger charge is 2.11. The molecule has 0 bridgehead atoms. The average molecular weight is 428 g/mol. The van der Waals surface area contributed by atoms with Gasteiger partial charge >= 0.3 is 6.03 Å². The number of nitrogens with one attached hydrogen (secondary N) is 2. The number of hydrogen-bond donors (Lipinski definition) is 2. The van der Waals surface area contributed by atoms with Gasteiger partial charge in [-0.2, -0.15) is 0 Å². The summed E-state index contributed by atoms with van der Waals surface area (Å²) >= 11 is 1.35. The molecule has 2 amide bonds. The first-order valence-electron chi connectivity index (χ1n) is 9.61. The Labute approximate surface area is 180 Å². The molecule has 0 unspecified atom stereocenters. The Morgan fingerprint density at radius 2 is 1.80 bits per heavy atom. The number of amides is 2. The summed E-state index contributed by atoms with van der Waals surface area (Å²) in [6.07, 6.45) is 2.10. The number of unbranched alkanes of at least 4 members (excludes halogenated alkanes) is 1. The van der Waals surface area contributed by atoms with Crippen LogP contribution in [0.25, 0.3) is 11.3 Å². The topological polar surface area (TPSA) is 81.7 Å². The summed E-state index contributed by atoms with van der Waals surface area (Å²) in [6, 6.07) is 12.5. The summed E-state index contributed by atoms with van der Waals surface area (Å²) in [5.41, 5.74) is 2.29. The number of methoxy groups -OCH3 is 2. The Hall–Kier alpha value is -3.26. The number of carbonyl (C=O) groups is 1. The Kier molecular flexibility index (Phi) is 7.51. The van der Waals surface area contributed by atoms with Crippen molar-refractivity contribution in [2.24, 2.45) is 0 Å². The minimum atomic E-state index is -0.358. The summed E-state index contributed by atoms with van der Waals surface area (Å²) in [6.45, 7) is 2.81. The van der Waals surface area contributed by atoms with Gasteiger partial charge in [-0.3, -0.25) is 5.32 Å². The van der Waals surface area contributed by atoms with Crippen molar-refractivity contribution >= 4 is 28.2 Å². The van der Waals surface area contributed by atoms with Crippen molar-refractivity contribution in [1.82, 2.24) is 4.98 Å². The van der Waals surface area contributed by atoms with E-state index in [2.05, 4.69) is 22.5 Å². The fourth-order valence-electron chi connectivity index (χ4n) is 2.69. The summed E-state index contributed by atoms with van der Waals surface area (Å²) in [5, 5.41) is 7.92. The van der Waals surface area contributed by atoms with Gasteiger partial charge in [0.15, 0.2) is 16.6 Å². The van der Waals surface area contributed by atoms with Crippen LogP contribution in [0.3, 0.4) is 0 Å². The summed E-state index contributed by atoms with van der Waals surface area (Å²) in [4.78, 5) is 16.8. The fraction of sp³-hybridized carbons (Fsp3) is 0.273. The largest absolute Gasteiger partial charge is 0.494 e. The third kappa shape index (κ3) is 5.64. The van der Waals surface area contributed by atoms with Crippen molar-refractivity contribution in [3.05, 3.63) is 47.8 Å². The Bertz CT molecular complexity index is 973. The molecule has 1 heterocycles. The van der Waals surface area contributed by atoms with Gasteiger partial charge in [0, 0.05) is 16.6 Å². The van der Waals surface area contributed by atoms with Crippen LogP contribution < -0.4 is 24.8 Å². The molecule has 0 aliphatic heterocycles. The van der Waals surface area contributed by atoms with E-state index >= 15 is 0 Å². The third-order valence-corrected chi connectivity index (χ3v) is 5.04. The molecule has 0 saturated heterocycles. The second-order valence-electron chi connectivity index (χ2n) is 6.41. The molecular weight excluding hydrogens is 402 g/mol. The first-order valence-corrected chi connectivity index (χ1v) is 10.5. The normalized spacial score (nSPS) is 10.4. The van der Waals surface area contributed by atoms with Crippen molar-refractivity contribution in [3.63, 3.8) is 0 Å². The standard InChI is InChI=1S/C22H25N3O4S/c1-4-5-12-29-17-9-7-16(8-10-17)23-21(26)25-22-24-18(14-30-22)15-6-11-19(27-2)20(13-15)28-3/h6-11,13-14H,4-5,12H2,1-3H3,(H2,23,24,25,26). The lowest BCUT2D eigenvalue weighted by atomic mass is 10.1. The highest BCUT2D eigenvalue weighted by molar-refractivity contribution is 7.14. The number of benzene rings is 2. The van der Waals surface area contributed by atoms with Crippen LogP contribution in [0.1, 0.15) is 19.8 Å². The number of anilines is 2.